The Kier molecular flexibility index (Phi) is 14.8. The lowest BCUT2D eigenvalue weighted by Crippen LogP contribution is -2.36. The second-order valence-corrected chi connectivity index (χ2v) is 16.1. The van der Waals surface area contributed by atoms with Crippen molar-refractivity contribution in [2.75, 3.05) is 24.1 Å². The van der Waals surface area contributed by atoms with Crippen LogP contribution in [0.25, 0.3) is 0 Å². The molecule has 2 fully saturated rings. The second kappa shape index (κ2) is 19.3. The van der Waals surface area contributed by atoms with Gasteiger partial charge in [0.1, 0.15) is 37.0 Å². The minimum atomic E-state index is -3.11. The summed E-state index contributed by atoms with van der Waals surface area (Å²) in [5.41, 5.74) is 0.458. The third-order valence-corrected chi connectivity index (χ3v) is 9.73. The number of hydrogen-bond acceptors (Lipinski definition) is 11. The van der Waals surface area contributed by atoms with Crippen LogP contribution < -0.4 is 18.5 Å². The second-order valence-electron chi connectivity index (χ2n) is 14.4. The Morgan fingerprint density at radius 3 is 2.14 bits per heavy atom. The standard InChI is InChI=1S/C38H42Cl2F2N2O11S/c1-38(2,3)55-36(47)18-44(56(48)49)29-10-8-24(12-32(29)50-19-22-4-5-22)21-52-34(45)15-35(46)53-31(14-26-27(39)16-43-17-28(26)40)25-9-11-30(54-37(41)42)33(13-25)51-20-23-6-7-23/h8-13,16-17,22-23,31,37H,4-7,14-15,18-21H2,1-3H3,(H,48,49)/t31-/m0/s1. The van der Waals surface area contributed by atoms with Gasteiger partial charge in [0.15, 0.2) is 11.5 Å². The van der Waals surface area contributed by atoms with Crippen molar-refractivity contribution in [1.29, 1.82) is 0 Å². The molecule has 2 saturated carbocycles. The van der Waals surface area contributed by atoms with Crippen LogP contribution in [-0.4, -0.2) is 63.6 Å². The number of benzene rings is 2. The lowest BCUT2D eigenvalue weighted by molar-refractivity contribution is -0.159. The van der Waals surface area contributed by atoms with E-state index in [2.05, 4.69) is 9.72 Å². The highest BCUT2D eigenvalue weighted by Gasteiger charge is 2.29. The summed E-state index contributed by atoms with van der Waals surface area (Å²) in [6.07, 6.45) is 4.55. The van der Waals surface area contributed by atoms with Crippen molar-refractivity contribution in [2.24, 2.45) is 11.8 Å². The van der Waals surface area contributed by atoms with Crippen LogP contribution in [0.15, 0.2) is 48.8 Å². The Hall–Kier alpha value is -4.25. The summed E-state index contributed by atoms with van der Waals surface area (Å²) in [5.74, 6) is -2.03. The first kappa shape index (κ1) is 42.9. The number of alkyl halides is 2. The highest BCUT2D eigenvalue weighted by atomic mass is 35.5. The lowest BCUT2D eigenvalue weighted by Gasteiger charge is -2.25. The van der Waals surface area contributed by atoms with Crippen LogP contribution >= 0.6 is 23.2 Å². The molecular weight excluding hydrogens is 801 g/mol. The van der Waals surface area contributed by atoms with Gasteiger partial charge in [0.25, 0.3) is 11.3 Å². The topological polar surface area (TPSA) is 160 Å². The molecule has 0 spiro atoms. The quantitative estimate of drug-likeness (QED) is 0.0510. The number of hydrogen-bond donors (Lipinski definition) is 1. The molecule has 1 unspecified atom stereocenters. The first-order valence-corrected chi connectivity index (χ1v) is 19.6. The number of halogens is 4. The highest BCUT2D eigenvalue weighted by molar-refractivity contribution is 7.80. The van der Waals surface area contributed by atoms with E-state index in [9.17, 15) is 31.9 Å². The van der Waals surface area contributed by atoms with E-state index in [1.165, 1.54) is 48.8 Å². The summed E-state index contributed by atoms with van der Waals surface area (Å²) in [4.78, 5) is 42.7. The number of carbonyl (C=O) groups is 3. The van der Waals surface area contributed by atoms with Gasteiger partial charge in [0.05, 0.1) is 28.9 Å². The minimum absolute atomic E-state index is 0.0202. The first-order valence-electron chi connectivity index (χ1n) is 17.7. The molecule has 2 aliphatic rings. The molecule has 3 aromatic rings. The smallest absolute Gasteiger partial charge is 0.387 e. The molecule has 18 heteroatoms. The van der Waals surface area contributed by atoms with E-state index in [1.54, 1.807) is 20.8 Å². The number of anilines is 1. The third kappa shape index (κ3) is 13.5. The summed E-state index contributed by atoms with van der Waals surface area (Å²) >= 11 is 10.1. The first-order chi connectivity index (χ1) is 26.5. The fraction of sp³-hybridized carbons (Fsp3) is 0.474. The summed E-state index contributed by atoms with van der Waals surface area (Å²) in [6, 6.07) is 8.61. The summed E-state index contributed by atoms with van der Waals surface area (Å²) in [7, 11) is 0. The van der Waals surface area contributed by atoms with Gasteiger partial charge < -0.3 is 28.4 Å². The lowest BCUT2D eigenvalue weighted by atomic mass is 10.0. The van der Waals surface area contributed by atoms with Gasteiger partial charge in [-0.3, -0.25) is 28.2 Å². The van der Waals surface area contributed by atoms with Gasteiger partial charge in [0.2, 0.25) is 0 Å². The van der Waals surface area contributed by atoms with Crippen LogP contribution in [0.1, 0.15) is 75.7 Å². The van der Waals surface area contributed by atoms with Crippen LogP contribution in [0.2, 0.25) is 10.0 Å². The monoisotopic (exact) mass is 842 g/mol. The third-order valence-electron chi connectivity index (χ3n) is 8.38. The summed E-state index contributed by atoms with van der Waals surface area (Å²) in [5, 5.41) is 0.371. The predicted octanol–water partition coefficient (Wildman–Crippen LogP) is 7.81. The van der Waals surface area contributed by atoms with Crippen LogP contribution in [0.3, 0.4) is 0 Å². The molecule has 2 aromatic carbocycles. The van der Waals surface area contributed by atoms with Crippen LogP contribution in [-0.2, 0) is 52.9 Å². The largest absolute Gasteiger partial charge is 0.491 e. The van der Waals surface area contributed by atoms with E-state index < -0.39 is 60.5 Å². The van der Waals surface area contributed by atoms with Crippen molar-refractivity contribution in [2.45, 2.75) is 84.2 Å². The molecule has 0 bridgehead atoms. The molecule has 2 aliphatic carbocycles. The van der Waals surface area contributed by atoms with E-state index in [4.69, 9.17) is 46.9 Å². The maximum Gasteiger partial charge on any atom is 0.387 e. The molecule has 1 N–H and O–H groups in total. The van der Waals surface area contributed by atoms with E-state index in [1.807, 2.05) is 0 Å². The number of aromatic nitrogens is 1. The molecule has 56 heavy (non-hydrogen) atoms. The average Bonchev–Trinajstić information content (AvgIpc) is 4.05. The number of nitrogens with zero attached hydrogens (tertiary/aromatic N) is 2. The highest BCUT2D eigenvalue weighted by Crippen LogP contribution is 2.39. The number of ether oxygens (including phenoxy) is 6. The fourth-order valence-electron chi connectivity index (χ4n) is 5.28. The van der Waals surface area contributed by atoms with Gasteiger partial charge in [-0.25, -0.2) is 4.21 Å². The van der Waals surface area contributed by atoms with Gasteiger partial charge in [-0.1, -0.05) is 35.3 Å². The molecule has 2 atom stereocenters. The summed E-state index contributed by atoms with van der Waals surface area (Å²) < 4.78 is 82.6. The Balaban J connectivity index is 1.29. The number of carbonyl (C=O) groups excluding carboxylic acids is 3. The van der Waals surface area contributed by atoms with Gasteiger partial charge in [-0.15, -0.1) is 0 Å². The Bertz CT molecular complexity index is 1890. The number of rotatable bonds is 20. The van der Waals surface area contributed by atoms with Crippen molar-refractivity contribution in [3.8, 4) is 17.2 Å². The Labute approximate surface area is 335 Å². The molecule has 0 aliphatic heterocycles. The van der Waals surface area contributed by atoms with Crippen molar-refractivity contribution < 1.29 is 60.3 Å². The van der Waals surface area contributed by atoms with E-state index in [0.717, 1.165) is 30.0 Å². The van der Waals surface area contributed by atoms with E-state index in [0.29, 0.717) is 29.2 Å². The van der Waals surface area contributed by atoms with Crippen molar-refractivity contribution in [3.05, 3.63) is 75.5 Å². The average molecular weight is 844 g/mol. The number of pyridine rings is 1. The number of esters is 3. The zero-order valence-electron chi connectivity index (χ0n) is 30.8. The SMILES string of the molecule is CC(C)(C)OC(=O)CN(c1ccc(COC(=O)CC(=O)O[C@@H](Cc2c(Cl)cncc2Cl)c2ccc(OC(F)F)c(OCC3CC3)c2)cc1OCC1CC1)S(=O)O. The van der Waals surface area contributed by atoms with Crippen molar-refractivity contribution in [3.63, 3.8) is 0 Å². The molecular formula is C38H42Cl2F2N2O11S. The van der Waals surface area contributed by atoms with E-state index in [-0.39, 0.29) is 58.5 Å². The Morgan fingerprint density at radius 1 is 0.911 bits per heavy atom. The van der Waals surface area contributed by atoms with Gasteiger partial charge in [0, 0.05) is 18.8 Å². The maximum atomic E-state index is 13.2. The van der Waals surface area contributed by atoms with Gasteiger partial charge in [-0.2, -0.15) is 8.78 Å². The molecule has 1 aromatic heterocycles. The maximum absolute atomic E-state index is 13.2. The molecule has 0 radical (unpaired) electrons. The fourth-order valence-corrected chi connectivity index (χ4v) is 6.33. The molecule has 0 amide bonds. The Morgan fingerprint density at radius 2 is 1.55 bits per heavy atom. The zero-order valence-corrected chi connectivity index (χ0v) is 33.2. The minimum Gasteiger partial charge on any atom is -0.491 e. The van der Waals surface area contributed by atoms with Crippen LogP contribution in [0.4, 0.5) is 14.5 Å². The zero-order chi connectivity index (χ0) is 40.6. The van der Waals surface area contributed by atoms with Crippen LogP contribution in [0.5, 0.6) is 17.2 Å². The van der Waals surface area contributed by atoms with E-state index >= 15 is 0 Å². The molecule has 0 saturated heterocycles. The molecule has 1 heterocycles. The molecule has 13 nitrogen and oxygen atoms in total. The van der Waals surface area contributed by atoms with Gasteiger partial charge in [-0.05, 0) is 99.2 Å². The van der Waals surface area contributed by atoms with Crippen LogP contribution in [0, 0.1) is 11.8 Å². The molecule has 304 valence electrons. The normalized spacial score (nSPS) is 15.1. The van der Waals surface area contributed by atoms with Crippen molar-refractivity contribution in [1.82, 2.24) is 4.98 Å². The summed E-state index contributed by atoms with van der Waals surface area (Å²) in [6.45, 7) is 1.68. The predicted molar refractivity (Wildman–Crippen MR) is 201 cm³/mol. The van der Waals surface area contributed by atoms with Crippen molar-refractivity contribution >= 4 is 58.1 Å². The van der Waals surface area contributed by atoms with Gasteiger partial charge >= 0.3 is 24.5 Å². The molecule has 5 rings (SSSR count).